The molecule has 0 aliphatic carbocycles. The first-order chi connectivity index (χ1) is 6.57. The van der Waals surface area contributed by atoms with Crippen LogP contribution in [-0.2, 0) is 6.54 Å². The molecule has 0 aromatic carbocycles. The summed E-state index contributed by atoms with van der Waals surface area (Å²) < 4.78 is 1.73. The number of aryl methyl sites for hydroxylation is 1. The van der Waals surface area contributed by atoms with Crippen LogP contribution in [0.25, 0.3) is 0 Å². The molecule has 0 saturated carbocycles. The van der Waals surface area contributed by atoms with Gasteiger partial charge in [-0.05, 0) is 12.8 Å². The highest BCUT2D eigenvalue weighted by Crippen LogP contribution is 2.09. The average molecular weight is 196 g/mol. The second kappa shape index (κ2) is 4.37. The molecule has 0 aliphatic rings. The van der Waals surface area contributed by atoms with E-state index in [-0.39, 0.29) is 11.7 Å². The molecular formula is C10H16N2O2. The lowest BCUT2D eigenvalue weighted by Crippen LogP contribution is -2.28. The number of carbonyl (C=O) groups excluding carboxylic acids is 1. The van der Waals surface area contributed by atoms with Crippen LogP contribution in [0.5, 0.6) is 0 Å². The third-order valence-electron chi connectivity index (χ3n) is 2.18. The first kappa shape index (κ1) is 10.9. The average Bonchev–Trinajstić information content (AvgIpc) is 2.62. The number of ketones is 1. The fraction of sp³-hybridized carbons (Fsp3) is 0.600. The lowest BCUT2D eigenvalue weighted by Gasteiger charge is -2.13. The number of aromatic nitrogens is 2. The van der Waals surface area contributed by atoms with E-state index >= 15 is 0 Å². The highest BCUT2D eigenvalue weighted by Gasteiger charge is 2.23. The molecule has 4 nitrogen and oxygen atoms in total. The van der Waals surface area contributed by atoms with Crippen LogP contribution in [0.3, 0.4) is 0 Å². The molecule has 4 heteroatoms. The van der Waals surface area contributed by atoms with Gasteiger partial charge in [0.25, 0.3) is 0 Å². The Morgan fingerprint density at radius 1 is 1.64 bits per heavy atom. The van der Waals surface area contributed by atoms with Crippen LogP contribution >= 0.6 is 0 Å². The molecule has 1 aromatic rings. The van der Waals surface area contributed by atoms with Gasteiger partial charge in [-0.15, -0.1) is 0 Å². The van der Waals surface area contributed by atoms with E-state index in [2.05, 4.69) is 4.98 Å². The number of carbonyl (C=O) groups is 1. The second-order valence-corrected chi connectivity index (χ2v) is 3.59. The summed E-state index contributed by atoms with van der Waals surface area (Å²) in [7, 11) is 0. The summed E-state index contributed by atoms with van der Waals surface area (Å²) in [6.07, 6.45) is 2.35. The van der Waals surface area contributed by atoms with Crippen molar-refractivity contribution in [2.75, 3.05) is 0 Å². The number of hydrogen-bond acceptors (Lipinski definition) is 3. The van der Waals surface area contributed by atoms with Gasteiger partial charge in [0.2, 0.25) is 5.78 Å². The fourth-order valence-corrected chi connectivity index (χ4v) is 1.22. The smallest absolute Gasteiger partial charge is 0.226 e. The molecule has 0 bridgehead atoms. The highest BCUT2D eigenvalue weighted by molar-refractivity contribution is 5.96. The fourth-order valence-electron chi connectivity index (χ4n) is 1.22. The molecule has 0 amide bonds. The summed E-state index contributed by atoms with van der Waals surface area (Å²) >= 11 is 0. The summed E-state index contributed by atoms with van der Waals surface area (Å²) in [5.74, 6) is -0.0370. The number of imidazole rings is 1. The van der Waals surface area contributed by atoms with Crippen LogP contribution in [0.4, 0.5) is 0 Å². The van der Waals surface area contributed by atoms with Crippen molar-refractivity contribution < 1.29 is 9.90 Å². The number of nitrogens with zero attached hydrogens (tertiary/aromatic N) is 2. The van der Waals surface area contributed by atoms with Crippen LogP contribution in [0, 0.1) is 5.92 Å². The first-order valence-corrected chi connectivity index (χ1v) is 4.81. The van der Waals surface area contributed by atoms with Crippen LogP contribution < -0.4 is 0 Å². The number of rotatable bonds is 4. The summed E-state index contributed by atoms with van der Waals surface area (Å²) in [6.45, 7) is 6.23. The van der Waals surface area contributed by atoms with Crippen LogP contribution in [0.15, 0.2) is 12.4 Å². The molecule has 78 valence electrons. The minimum atomic E-state index is -0.956. The maximum atomic E-state index is 11.7. The molecule has 1 heterocycles. The van der Waals surface area contributed by atoms with Crippen molar-refractivity contribution in [3.63, 3.8) is 0 Å². The molecule has 0 radical (unpaired) electrons. The van der Waals surface area contributed by atoms with Gasteiger partial charge in [0.15, 0.2) is 5.82 Å². The molecule has 0 fully saturated rings. The van der Waals surface area contributed by atoms with Crippen LogP contribution in [0.1, 0.15) is 31.4 Å². The summed E-state index contributed by atoms with van der Waals surface area (Å²) in [4.78, 5) is 15.6. The zero-order chi connectivity index (χ0) is 10.7. The van der Waals surface area contributed by atoms with E-state index in [1.807, 2.05) is 20.8 Å². The Bertz CT molecular complexity index is 318. The van der Waals surface area contributed by atoms with Crippen LogP contribution in [0.2, 0.25) is 0 Å². The van der Waals surface area contributed by atoms with E-state index in [0.717, 1.165) is 0 Å². The Morgan fingerprint density at radius 2 is 2.29 bits per heavy atom. The van der Waals surface area contributed by atoms with Gasteiger partial charge >= 0.3 is 0 Å². The van der Waals surface area contributed by atoms with Crippen molar-refractivity contribution >= 4 is 5.78 Å². The molecule has 1 unspecified atom stereocenters. The SMILES string of the molecule is CCn1ccnc1C(=O)C(O)C(C)C. The van der Waals surface area contributed by atoms with Gasteiger partial charge in [0, 0.05) is 18.9 Å². The van der Waals surface area contributed by atoms with E-state index in [1.165, 1.54) is 0 Å². The topological polar surface area (TPSA) is 55.1 Å². The van der Waals surface area contributed by atoms with E-state index in [4.69, 9.17) is 0 Å². The van der Waals surface area contributed by atoms with Crippen LogP contribution in [-0.4, -0.2) is 26.5 Å². The molecular weight excluding hydrogens is 180 g/mol. The summed E-state index contributed by atoms with van der Waals surface area (Å²) in [5.41, 5.74) is 0. The monoisotopic (exact) mass is 196 g/mol. The predicted octanol–water partition coefficient (Wildman–Crippen LogP) is 1.10. The number of Topliss-reactive ketones (excluding diaryl/α,β-unsaturated/α-hetero) is 1. The number of aliphatic hydroxyl groups is 1. The van der Waals surface area contributed by atoms with Gasteiger partial charge in [-0.25, -0.2) is 4.98 Å². The van der Waals surface area contributed by atoms with Gasteiger partial charge in [-0.2, -0.15) is 0 Å². The van der Waals surface area contributed by atoms with Gasteiger partial charge in [-0.3, -0.25) is 4.79 Å². The zero-order valence-corrected chi connectivity index (χ0v) is 8.77. The Balaban J connectivity index is 2.89. The van der Waals surface area contributed by atoms with Gasteiger partial charge in [0.1, 0.15) is 6.10 Å². The molecule has 1 atom stereocenters. The van der Waals surface area contributed by atoms with Crippen molar-refractivity contribution in [3.05, 3.63) is 18.2 Å². The predicted molar refractivity (Wildman–Crippen MR) is 53.1 cm³/mol. The quantitative estimate of drug-likeness (QED) is 0.734. The van der Waals surface area contributed by atoms with Crippen molar-refractivity contribution in [1.29, 1.82) is 0 Å². The van der Waals surface area contributed by atoms with E-state index in [9.17, 15) is 9.90 Å². The first-order valence-electron chi connectivity index (χ1n) is 4.81. The summed E-state index contributed by atoms with van der Waals surface area (Å²) in [5, 5.41) is 9.58. The Hall–Kier alpha value is -1.16. The maximum absolute atomic E-state index is 11.7. The van der Waals surface area contributed by atoms with Crippen molar-refractivity contribution in [2.24, 2.45) is 5.92 Å². The molecule has 0 aliphatic heterocycles. The minimum absolute atomic E-state index is 0.0792. The van der Waals surface area contributed by atoms with E-state index in [1.54, 1.807) is 17.0 Å². The third-order valence-corrected chi connectivity index (χ3v) is 2.18. The van der Waals surface area contributed by atoms with Gasteiger partial charge in [0.05, 0.1) is 0 Å². The largest absolute Gasteiger partial charge is 0.385 e. The van der Waals surface area contributed by atoms with Crippen molar-refractivity contribution in [3.8, 4) is 0 Å². The normalized spacial score (nSPS) is 13.2. The lowest BCUT2D eigenvalue weighted by atomic mass is 10.0. The Kier molecular flexibility index (Phi) is 3.41. The lowest BCUT2D eigenvalue weighted by molar-refractivity contribution is 0.0632. The third kappa shape index (κ3) is 2.01. The second-order valence-electron chi connectivity index (χ2n) is 3.59. The van der Waals surface area contributed by atoms with Gasteiger partial charge < -0.3 is 9.67 Å². The van der Waals surface area contributed by atoms with Gasteiger partial charge in [-0.1, -0.05) is 13.8 Å². The zero-order valence-electron chi connectivity index (χ0n) is 8.77. The molecule has 14 heavy (non-hydrogen) atoms. The molecule has 1 aromatic heterocycles. The van der Waals surface area contributed by atoms with E-state index in [0.29, 0.717) is 12.4 Å². The standard InChI is InChI=1S/C10H16N2O2/c1-4-12-6-5-11-10(12)9(14)8(13)7(2)3/h5-8,13H,4H2,1-3H3. The summed E-state index contributed by atoms with van der Waals surface area (Å²) in [6, 6.07) is 0. The molecule has 1 rings (SSSR count). The van der Waals surface area contributed by atoms with Crippen molar-refractivity contribution in [2.45, 2.75) is 33.4 Å². The minimum Gasteiger partial charge on any atom is -0.385 e. The van der Waals surface area contributed by atoms with E-state index < -0.39 is 6.10 Å². The molecule has 0 spiro atoms. The number of hydrogen-bond donors (Lipinski definition) is 1. The Morgan fingerprint density at radius 3 is 2.79 bits per heavy atom. The highest BCUT2D eigenvalue weighted by atomic mass is 16.3. The maximum Gasteiger partial charge on any atom is 0.226 e. The molecule has 0 saturated heterocycles. The van der Waals surface area contributed by atoms with Crippen molar-refractivity contribution in [1.82, 2.24) is 9.55 Å². The number of aliphatic hydroxyl groups excluding tert-OH is 1. The molecule has 1 N–H and O–H groups in total. The Labute approximate surface area is 83.6 Å².